The van der Waals surface area contributed by atoms with Crippen LogP contribution in [0.2, 0.25) is 0 Å². The molecule has 0 saturated carbocycles. The molecule has 1 aromatic carbocycles. The number of esters is 2. The lowest BCUT2D eigenvalue weighted by Crippen LogP contribution is -2.35. The number of carbonyl (C=O) groups is 2. The molecule has 1 aliphatic rings. The van der Waals surface area contributed by atoms with E-state index < -0.39 is 35.9 Å². The van der Waals surface area contributed by atoms with Crippen LogP contribution in [-0.2, 0) is 19.1 Å². The molecule has 23 heavy (non-hydrogen) atoms. The maximum Gasteiger partial charge on any atom is 0.312 e. The standard InChI is InChI=1S/C16H18N2O5/c1-21-11-7-5-4-6-9(11)14-13(16(20)23-3)12(15(19)22-2)10(8-17)18-14/h4-7,10,12-14,18H,1-3H3/t10-,12-,13+,14+/m1/s1. The lowest BCUT2D eigenvalue weighted by atomic mass is 9.84. The lowest BCUT2D eigenvalue weighted by molar-refractivity contribution is -0.156. The van der Waals surface area contributed by atoms with Crippen molar-refractivity contribution in [2.24, 2.45) is 11.8 Å². The number of hydrogen-bond donors (Lipinski definition) is 1. The Morgan fingerprint density at radius 3 is 2.26 bits per heavy atom. The molecular weight excluding hydrogens is 300 g/mol. The second-order valence-electron chi connectivity index (χ2n) is 5.09. The van der Waals surface area contributed by atoms with E-state index in [0.717, 1.165) is 0 Å². The molecule has 0 aliphatic carbocycles. The van der Waals surface area contributed by atoms with E-state index in [9.17, 15) is 14.9 Å². The number of para-hydroxylation sites is 1. The van der Waals surface area contributed by atoms with Crippen molar-refractivity contribution in [3.8, 4) is 11.8 Å². The summed E-state index contributed by atoms with van der Waals surface area (Å²) in [6.07, 6.45) is 0. The fourth-order valence-electron chi connectivity index (χ4n) is 2.98. The van der Waals surface area contributed by atoms with E-state index in [0.29, 0.717) is 11.3 Å². The van der Waals surface area contributed by atoms with Gasteiger partial charge in [-0.3, -0.25) is 14.9 Å². The minimum atomic E-state index is -0.952. The Kier molecular flexibility index (Phi) is 5.19. The number of nitriles is 1. The zero-order valence-corrected chi connectivity index (χ0v) is 13.1. The molecule has 0 bridgehead atoms. The molecule has 1 saturated heterocycles. The van der Waals surface area contributed by atoms with Gasteiger partial charge in [0.25, 0.3) is 0 Å². The van der Waals surface area contributed by atoms with Crippen molar-refractivity contribution in [1.29, 1.82) is 5.26 Å². The van der Waals surface area contributed by atoms with Gasteiger partial charge in [-0.25, -0.2) is 0 Å². The summed E-state index contributed by atoms with van der Waals surface area (Å²) in [5.74, 6) is -2.49. The number of methoxy groups -OCH3 is 3. The SMILES string of the molecule is COC(=O)[C@H]1[C@H](C(=O)OC)[C@H](c2ccccc2OC)N[C@@H]1C#N. The Bertz CT molecular complexity index is 640. The van der Waals surface area contributed by atoms with Crippen molar-refractivity contribution < 1.29 is 23.8 Å². The smallest absolute Gasteiger partial charge is 0.312 e. The highest BCUT2D eigenvalue weighted by Crippen LogP contribution is 2.41. The van der Waals surface area contributed by atoms with Crippen molar-refractivity contribution in [3.05, 3.63) is 29.8 Å². The maximum atomic E-state index is 12.3. The van der Waals surface area contributed by atoms with Crippen LogP contribution < -0.4 is 10.1 Å². The first-order valence-electron chi connectivity index (χ1n) is 7.03. The predicted octanol–water partition coefficient (Wildman–Crippen LogP) is 0.810. The topological polar surface area (TPSA) is 97.7 Å². The number of benzene rings is 1. The number of ether oxygens (including phenoxy) is 3. The van der Waals surface area contributed by atoms with Crippen molar-refractivity contribution in [3.63, 3.8) is 0 Å². The molecule has 0 aromatic heterocycles. The minimum absolute atomic E-state index is 0.557. The fraction of sp³-hybridized carbons (Fsp3) is 0.438. The molecule has 4 atom stereocenters. The van der Waals surface area contributed by atoms with Gasteiger partial charge in [-0.1, -0.05) is 18.2 Å². The summed E-state index contributed by atoms with van der Waals surface area (Å²) in [5, 5.41) is 12.4. The van der Waals surface area contributed by atoms with Crippen molar-refractivity contribution in [1.82, 2.24) is 5.32 Å². The summed E-state index contributed by atoms with van der Waals surface area (Å²) >= 11 is 0. The Hall–Kier alpha value is -2.59. The van der Waals surface area contributed by atoms with Crippen LogP contribution in [-0.4, -0.2) is 39.3 Å². The molecule has 1 aliphatic heterocycles. The van der Waals surface area contributed by atoms with E-state index in [1.54, 1.807) is 24.3 Å². The Morgan fingerprint density at radius 1 is 1.09 bits per heavy atom. The second-order valence-corrected chi connectivity index (χ2v) is 5.09. The first-order valence-corrected chi connectivity index (χ1v) is 7.03. The molecule has 122 valence electrons. The quantitative estimate of drug-likeness (QED) is 0.820. The summed E-state index contributed by atoms with van der Waals surface area (Å²) in [4.78, 5) is 24.4. The number of hydrogen-bond acceptors (Lipinski definition) is 7. The van der Waals surface area contributed by atoms with E-state index in [1.807, 2.05) is 6.07 Å². The van der Waals surface area contributed by atoms with Gasteiger partial charge in [0, 0.05) is 5.56 Å². The zero-order valence-electron chi connectivity index (χ0n) is 13.1. The molecule has 1 heterocycles. The van der Waals surface area contributed by atoms with Crippen LogP contribution in [0.4, 0.5) is 0 Å². The van der Waals surface area contributed by atoms with Crippen LogP contribution in [0.25, 0.3) is 0 Å². The highest BCUT2D eigenvalue weighted by atomic mass is 16.5. The number of nitrogens with one attached hydrogen (secondary N) is 1. The summed E-state index contributed by atoms with van der Waals surface area (Å²) in [6.45, 7) is 0. The number of carbonyl (C=O) groups excluding carboxylic acids is 2. The molecule has 2 rings (SSSR count). The normalized spacial score (nSPS) is 26.2. The molecule has 0 amide bonds. The van der Waals surface area contributed by atoms with Gasteiger partial charge in [0.15, 0.2) is 0 Å². The van der Waals surface area contributed by atoms with Gasteiger partial charge in [0.05, 0.1) is 39.4 Å². The van der Waals surface area contributed by atoms with Crippen LogP contribution in [0.3, 0.4) is 0 Å². The Balaban J connectivity index is 2.51. The summed E-state index contributed by atoms with van der Waals surface area (Å²) in [6, 6.07) is 7.68. The molecule has 0 unspecified atom stereocenters. The fourth-order valence-corrected chi connectivity index (χ4v) is 2.98. The Morgan fingerprint density at radius 2 is 1.70 bits per heavy atom. The molecule has 1 N–H and O–H groups in total. The van der Waals surface area contributed by atoms with Crippen LogP contribution in [0, 0.1) is 23.2 Å². The van der Waals surface area contributed by atoms with Gasteiger partial charge in [-0.15, -0.1) is 0 Å². The van der Waals surface area contributed by atoms with Gasteiger partial charge >= 0.3 is 11.9 Å². The van der Waals surface area contributed by atoms with Crippen molar-refractivity contribution in [2.75, 3.05) is 21.3 Å². The van der Waals surface area contributed by atoms with E-state index in [-0.39, 0.29) is 0 Å². The van der Waals surface area contributed by atoms with Crippen LogP contribution in [0.1, 0.15) is 11.6 Å². The molecule has 1 aromatic rings. The molecule has 0 radical (unpaired) electrons. The summed E-state index contributed by atoms with van der Waals surface area (Å²) in [5.41, 5.74) is 0.678. The average molecular weight is 318 g/mol. The highest BCUT2D eigenvalue weighted by Gasteiger charge is 2.53. The predicted molar refractivity (Wildman–Crippen MR) is 79.3 cm³/mol. The molecule has 0 spiro atoms. The maximum absolute atomic E-state index is 12.3. The zero-order chi connectivity index (χ0) is 17.0. The molecule has 7 nitrogen and oxygen atoms in total. The average Bonchev–Trinajstić information content (AvgIpc) is 2.99. The summed E-state index contributed by atoms with van der Waals surface area (Å²) < 4.78 is 14.9. The third-order valence-corrected chi connectivity index (χ3v) is 4.02. The Labute approximate surface area is 134 Å². The second kappa shape index (κ2) is 7.11. The number of rotatable bonds is 4. The van der Waals surface area contributed by atoms with E-state index in [1.165, 1.54) is 21.3 Å². The largest absolute Gasteiger partial charge is 0.496 e. The van der Waals surface area contributed by atoms with E-state index in [2.05, 4.69) is 5.32 Å². The first kappa shape index (κ1) is 16.8. The van der Waals surface area contributed by atoms with Gasteiger partial charge in [-0.05, 0) is 6.07 Å². The van der Waals surface area contributed by atoms with Gasteiger partial charge in [0.2, 0.25) is 0 Å². The van der Waals surface area contributed by atoms with E-state index in [4.69, 9.17) is 14.2 Å². The lowest BCUT2D eigenvalue weighted by Gasteiger charge is -2.22. The summed E-state index contributed by atoms with van der Waals surface area (Å²) in [7, 11) is 3.98. The monoisotopic (exact) mass is 318 g/mol. The minimum Gasteiger partial charge on any atom is -0.496 e. The first-order chi connectivity index (χ1) is 11.1. The van der Waals surface area contributed by atoms with Crippen LogP contribution >= 0.6 is 0 Å². The van der Waals surface area contributed by atoms with Gasteiger partial charge < -0.3 is 14.2 Å². The van der Waals surface area contributed by atoms with Gasteiger partial charge in [-0.2, -0.15) is 5.26 Å². The van der Waals surface area contributed by atoms with Crippen LogP contribution in [0.5, 0.6) is 5.75 Å². The van der Waals surface area contributed by atoms with E-state index >= 15 is 0 Å². The third-order valence-electron chi connectivity index (χ3n) is 4.02. The molecule has 7 heteroatoms. The number of nitrogens with zero attached hydrogens (tertiary/aromatic N) is 1. The highest BCUT2D eigenvalue weighted by molar-refractivity contribution is 5.85. The van der Waals surface area contributed by atoms with Crippen LogP contribution in [0.15, 0.2) is 24.3 Å². The van der Waals surface area contributed by atoms with Gasteiger partial charge in [0.1, 0.15) is 17.7 Å². The molecule has 1 fully saturated rings. The molecular formula is C16H18N2O5. The van der Waals surface area contributed by atoms with Crippen molar-refractivity contribution in [2.45, 2.75) is 12.1 Å². The third kappa shape index (κ3) is 2.98. The van der Waals surface area contributed by atoms with Crippen molar-refractivity contribution >= 4 is 11.9 Å².